The average molecular weight is 398 g/mol. The topological polar surface area (TPSA) is 199 Å². The van der Waals surface area contributed by atoms with Crippen molar-refractivity contribution in [3.05, 3.63) is 0 Å². The van der Waals surface area contributed by atoms with Crippen LogP contribution in [0.4, 0.5) is 0 Å². The van der Waals surface area contributed by atoms with Crippen LogP contribution >= 0.6 is 27.4 Å². The van der Waals surface area contributed by atoms with Crippen molar-refractivity contribution >= 4 is 77.1 Å². The number of hydrogen-bond donors (Lipinski definition) is 6. The molecule has 0 aromatic heterocycles. The van der Waals surface area contributed by atoms with Crippen molar-refractivity contribution in [2.45, 2.75) is 24.3 Å². The fourth-order valence-corrected chi connectivity index (χ4v) is 2.51. The summed E-state index contributed by atoms with van der Waals surface area (Å²) < 4.78 is 22.2. The van der Waals surface area contributed by atoms with E-state index in [0.29, 0.717) is 0 Å². The summed E-state index contributed by atoms with van der Waals surface area (Å²) >= 11 is 0.917. The zero-order valence-corrected chi connectivity index (χ0v) is 15.7. The maximum absolute atomic E-state index is 10.2. The summed E-state index contributed by atoms with van der Waals surface area (Å²) in [6.07, 6.45) is 0. The Labute approximate surface area is 156 Å². The minimum atomic E-state index is -5.05. The quantitative estimate of drug-likeness (QED) is 0.252. The Hall–Kier alpha value is 0.810. The van der Waals surface area contributed by atoms with Crippen molar-refractivity contribution in [1.29, 1.82) is 0 Å². The Morgan fingerprint density at radius 1 is 0.952 bits per heavy atom. The van der Waals surface area contributed by atoms with Crippen LogP contribution in [-0.4, -0.2) is 90.0 Å². The number of rotatable bonds is 6. The number of aliphatic carboxylic acids is 2. The molecule has 2 unspecified atom stereocenters. The van der Waals surface area contributed by atoms with Crippen LogP contribution in [0.5, 0.6) is 0 Å². The molecule has 0 aromatic rings. The van der Waals surface area contributed by atoms with Gasteiger partial charge in [-0.2, -0.15) is 4.31 Å². The first-order valence-corrected chi connectivity index (χ1v) is 8.59. The molecule has 124 valence electrons. The number of hydrogen-bond acceptors (Lipinski definition) is 6. The fourth-order valence-electron chi connectivity index (χ4n) is 0.561. The Balaban J connectivity index is -0.0000000843. The molecule has 0 amide bonds. The average Bonchev–Trinajstić information content (AvgIpc) is 2.11. The minimum absolute atomic E-state index is 0. The summed E-state index contributed by atoms with van der Waals surface area (Å²) in [6.45, 7) is 2.93. The molecule has 0 rings (SSSR count). The van der Waals surface area contributed by atoms with Crippen molar-refractivity contribution in [3.63, 3.8) is 0 Å². The van der Waals surface area contributed by atoms with Gasteiger partial charge in [0.2, 0.25) is 0 Å². The largest absolute Gasteiger partial charge is 2.00 e. The van der Waals surface area contributed by atoms with Gasteiger partial charge in [-0.05, 0) is 13.8 Å². The van der Waals surface area contributed by atoms with E-state index in [1.807, 2.05) is 0 Å². The predicted molar refractivity (Wildman–Crippen MR) is 74.9 cm³/mol. The molecule has 0 saturated heterocycles. The van der Waals surface area contributed by atoms with E-state index >= 15 is 0 Å². The molecule has 0 radical (unpaired) electrons. The molecule has 0 aliphatic carbocycles. The molecule has 15 heteroatoms. The molecular weight excluding hydrogens is 382 g/mol. The minimum Gasteiger partial charge on any atom is -1.00 e. The molecule has 0 bridgehead atoms. The first-order chi connectivity index (χ1) is 8.65. The van der Waals surface area contributed by atoms with E-state index in [-0.39, 0.29) is 40.6 Å². The SMILES string of the molecule is CC(SC(C)C(=O)O)C(=O)O.O=P(O)(O)OP(=O)(O)O.[Ca+2].[H-].[H-]. The third kappa shape index (κ3) is 20.8. The maximum atomic E-state index is 10.2. The zero-order chi connectivity index (χ0) is 16.7. The molecule has 21 heavy (non-hydrogen) atoms. The summed E-state index contributed by atoms with van der Waals surface area (Å²) in [7, 11) is -10.1. The Morgan fingerprint density at radius 2 is 1.19 bits per heavy atom. The van der Waals surface area contributed by atoms with Crippen molar-refractivity contribution in [1.82, 2.24) is 0 Å². The van der Waals surface area contributed by atoms with E-state index in [1.54, 1.807) is 0 Å². The van der Waals surface area contributed by atoms with Crippen LogP contribution in [0.25, 0.3) is 0 Å². The molecule has 0 spiro atoms. The van der Waals surface area contributed by atoms with Gasteiger partial charge in [-0.15, -0.1) is 11.8 Å². The van der Waals surface area contributed by atoms with E-state index < -0.39 is 38.1 Å². The Bertz CT molecular complexity index is 402. The normalized spacial score (nSPS) is 14.0. The number of phosphoric acid groups is 2. The summed E-state index contributed by atoms with van der Waals surface area (Å²) in [5.41, 5.74) is 0. The van der Waals surface area contributed by atoms with Crippen molar-refractivity contribution < 1.29 is 55.7 Å². The van der Waals surface area contributed by atoms with Crippen molar-refractivity contribution in [2.75, 3.05) is 0 Å². The van der Waals surface area contributed by atoms with Gasteiger partial charge in [-0.25, -0.2) is 9.13 Å². The monoisotopic (exact) mass is 398 g/mol. The third-order valence-corrected chi connectivity index (χ3v) is 4.24. The van der Waals surface area contributed by atoms with Crippen LogP contribution in [0.15, 0.2) is 0 Å². The molecular formula is C6H16CaO11P2S. The second-order valence-electron chi connectivity index (χ2n) is 3.16. The maximum Gasteiger partial charge on any atom is 2.00 e. The van der Waals surface area contributed by atoms with Gasteiger partial charge in [0.05, 0.1) is 0 Å². The van der Waals surface area contributed by atoms with Crippen LogP contribution in [-0.2, 0) is 23.0 Å². The Morgan fingerprint density at radius 3 is 1.29 bits per heavy atom. The van der Waals surface area contributed by atoms with Gasteiger partial charge in [0, 0.05) is 0 Å². The fraction of sp³-hybridized carbons (Fsp3) is 0.667. The molecule has 0 saturated carbocycles. The predicted octanol–water partition coefficient (Wildman–Crippen LogP) is -0.302. The molecule has 6 N–H and O–H groups in total. The van der Waals surface area contributed by atoms with Gasteiger partial charge in [-0.3, -0.25) is 9.59 Å². The summed E-state index contributed by atoms with van der Waals surface area (Å²) in [5, 5.41) is 15.5. The molecule has 0 aliphatic rings. The zero-order valence-electron chi connectivity index (χ0n) is 12.9. The van der Waals surface area contributed by atoms with Crippen LogP contribution in [0.1, 0.15) is 16.7 Å². The molecule has 0 aliphatic heterocycles. The molecule has 0 heterocycles. The van der Waals surface area contributed by atoms with Crippen LogP contribution < -0.4 is 0 Å². The van der Waals surface area contributed by atoms with Gasteiger partial charge < -0.3 is 32.6 Å². The van der Waals surface area contributed by atoms with E-state index in [1.165, 1.54) is 13.8 Å². The van der Waals surface area contributed by atoms with Gasteiger partial charge in [0.25, 0.3) is 0 Å². The number of thioether (sulfide) groups is 1. The summed E-state index contributed by atoms with van der Waals surface area (Å²) in [5.74, 6) is -1.97. The van der Waals surface area contributed by atoms with Crippen LogP contribution in [0, 0.1) is 0 Å². The smallest absolute Gasteiger partial charge is 1.00 e. The molecule has 0 aromatic carbocycles. The first kappa shape index (κ1) is 26.7. The number of carbonyl (C=O) groups is 2. The van der Waals surface area contributed by atoms with Crippen LogP contribution in [0.2, 0.25) is 0 Å². The molecule has 2 atom stereocenters. The number of carboxylic acid groups (broad SMARTS) is 2. The first-order valence-electron chi connectivity index (χ1n) is 4.59. The third-order valence-electron chi connectivity index (χ3n) is 1.32. The van der Waals surface area contributed by atoms with Crippen molar-refractivity contribution in [3.8, 4) is 0 Å². The van der Waals surface area contributed by atoms with Gasteiger partial charge in [-0.1, -0.05) is 0 Å². The summed E-state index contributed by atoms with van der Waals surface area (Å²) in [4.78, 5) is 51.5. The number of carboxylic acids is 2. The standard InChI is InChI=1S/C6H10O4S.Ca.H4O7P2.2H/c1-3(5(7)8)11-4(2)6(9)10;;1-8(2,3)7-9(4,5)6;;/h3-4H,1-2H3,(H,7,8)(H,9,10);;(H2,1,2,3)(H2,4,5,6);;/q;+2;;2*-1. The van der Waals surface area contributed by atoms with E-state index in [4.69, 9.17) is 29.8 Å². The van der Waals surface area contributed by atoms with Gasteiger partial charge >= 0.3 is 65.3 Å². The second-order valence-corrected chi connectivity index (χ2v) is 7.46. The molecule has 0 fully saturated rings. The molecule has 11 nitrogen and oxygen atoms in total. The van der Waals surface area contributed by atoms with Gasteiger partial charge in [0.15, 0.2) is 0 Å². The van der Waals surface area contributed by atoms with E-state index in [0.717, 1.165) is 11.8 Å². The Kier molecular flexibility index (Phi) is 14.4. The van der Waals surface area contributed by atoms with E-state index in [2.05, 4.69) is 4.31 Å². The van der Waals surface area contributed by atoms with Gasteiger partial charge in [0.1, 0.15) is 10.5 Å². The second kappa shape index (κ2) is 11.4. The van der Waals surface area contributed by atoms with E-state index in [9.17, 15) is 18.7 Å². The summed E-state index contributed by atoms with van der Waals surface area (Å²) in [6, 6.07) is 0. The van der Waals surface area contributed by atoms with Crippen LogP contribution in [0.3, 0.4) is 0 Å². The van der Waals surface area contributed by atoms with Crippen molar-refractivity contribution in [2.24, 2.45) is 0 Å².